The van der Waals surface area contributed by atoms with Crippen LogP contribution in [0.1, 0.15) is 5.56 Å². The van der Waals surface area contributed by atoms with Crippen molar-refractivity contribution in [3.05, 3.63) is 53.1 Å². The number of hydrogen-bond donors (Lipinski definition) is 2. The van der Waals surface area contributed by atoms with Gasteiger partial charge < -0.3 is 5.11 Å². The molecule has 21 heavy (non-hydrogen) atoms. The van der Waals surface area contributed by atoms with Crippen LogP contribution >= 0.6 is 11.6 Å². The number of benzene rings is 1. The Morgan fingerprint density at radius 1 is 1.29 bits per heavy atom. The van der Waals surface area contributed by atoms with Crippen molar-refractivity contribution in [1.82, 2.24) is 4.98 Å². The number of aryl methyl sites for hydroxylation is 1. The molecule has 0 spiro atoms. The van der Waals surface area contributed by atoms with Crippen LogP contribution in [0.2, 0.25) is 5.02 Å². The van der Waals surface area contributed by atoms with E-state index in [1.54, 1.807) is 24.5 Å². The van der Waals surface area contributed by atoms with Crippen molar-refractivity contribution in [2.75, 3.05) is 10.5 Å². The number of aromatic hydroxyl groups is 1. The number of sulfonamides is 1. The number of pyridine rings is 1. The van der Waals surface area contributed by atoms with Crippen LogP contribution < -0.4 is 4.72 Å². The van der Waals surface area contributed by atoms with E-state index in [0.717, 1.165) is 17.7 Å². The molecule has 1 aromatic heterocycles. The van der Waals surface area contributed by atoms with Gasteiger partial charge in [-0.3, -0.25) is 9.71 Å². The van der Waals surface area contributed by atoms with Crippen LogP contribution in [-0.4, -0.2) is 24.3 Å². The average molecular weight is 331 g/mol. The maximum absolute atomic E-state index is 13.1. The summed E-state index contributed by atoms with van der Waals surface area (Å²) < 4.78 is 39.2. The number of anilines is 1. The fourth-order valence-electron chi connectivity index (χ4n) is 1.64. The summed E-state index contributed by atoms with van der Waals surface area (Å²) in [7, 11) is -3.70. The predicted molar refractivity (Wildman–Crippen MR) is 78.4 cm³/mol. The second-order valence-electron chi connectivity index (χ2n) is 4.31. The molecule has 0 saturated carbocycles. The maximum atomic E-state index is 13.1. The highest BCUT2D eigenvalue weighted by Gasteiger charge is 2.15. The minimum absolute atomic E-state index is 0.156. The molecule has 0 saturated heterocycles. The average Bonchev–Trinajstić information content (AvgIpc) is 2.44. The monoisotopic (exact) mass is 330 g/mol. The highest BCUT2D eigenvalue weighted by atomic mass is 35.5. The van der Waals surface area contributed by atoms with E-state index < -0.39 is 21.6 Å². The molecule has 0 atom stereocenters. The Morgan fingerprint density at radius 3 is 2.62 bits per heavy atom. The summed E-state index contributed by atoms with van der Waals surface area (Å²) in [4.78, 5) is 3.84. The number of rotatable bonds is 5. The zero-order valence-corrected chi connectivity index (χ0v) is 12.3. The standard InChI is InChI=1S/C13H12ClFN2O3S/c14-10-7-12(13(18)8-11(10)15)17-21(19,20)6-3-9-1-4-16-5-2-9/h1-2,4-5,7-8,17-18H,3,6H2. The molecule has 0 unspecified atom stereocenters. The van der Waals surface area contributed by atoms with Gasteiger partial charge in [-0.15, -0.1) is 0 Å². The van der Waals surface area contributed by atoms with Crippen molar-refractivity contribution in [1.29, 1.82) is 0 Å². The predicted octanol–water partition coefficient (Wildman–Crippen LogP) is 2.56. The van der Waals surface area contributed by atoms with Crippen molar-refractivity contribution >= 4 is 27.3 Å². The zero-order chi connectivity index (χ0) is 15.5. The van der Waals surface area contributed by atoms with Crippen LogP contribution in [0, 0.1) is 5.82 Å². The Labute approximate surface area is 126 Å². The minimum Gasteiger partial charge on any atom is -0.506 e. The molecule has 0 amide bonds. The highest BCUT2D eigenvalue weighted by molar-refractivity contribution is 7.92. The molecule has 0 radical (unpaired) electrons. The number of hydrogen-bond acceptors (Lipinski definition) is 4. The van der Waals surface area contributed by atoms with Crippen LogP contribution in [0.5, 0.6) is 5.75 Å². The molecule has 0 aliphatic rings. The summed E-state index contributed by atoms with van der Waals surface area (Å²) in [6.07, 6.45) is 3.43. The first-order valence-electron chi connectivity index (χ1n) is 5.95. The molecule has 0 aliphatic heterocycles. The van der Waals surface area contributed by atoms with Crippen LogP contribution in [0.25, 0.3) is 0 Å². The SMILES string of the molecule is O=S(=O)(CCc1ccncc1)Nc1cc(Cl)c(F)cc1O. The van der Waals surface area contributed by atoms with E-state index in [1.165, 1.54) is 0 Å². The maximum Gasteiger partial charge on any atom is 0.233 e. The summed E-state index contributed by atoms with van der Waals surface area (Å²) in [5.41, 5.74) is 0.660. The van der Waals surface area contributed by atoms with E-state index in [2.05, 4.69) is 9.71 Å². The summed E-state index contributed by atoms with van der Waals surface area (Å²) in [6, 6.07) is 5.20. The number of nitrogens with one attached hydrogen (secondary N) is 1. The van der Waals surface area contributed by atoms with Crippen molar-refractivity contribution in [2.45, 2.75) is 6.42 Å². The van der Waals surface area contributed by atoms with Crippen molar-refractivity contribution in [3.63, 3.8) is 0 Å². The molecule has 0 bridgehead atoms. The first kappa shape index (κ1) is 15.5. The second kappa shape index (κ2) is 6.28. The van der Waals surface area contributed by atoms with E-state index >= 15 is 0 Å². The molecule has 8 heteroatoms. The van der Waals surface area contributed by atoms with E-state index in [1.807, 2.05) is 0 Å². The number of halogens is 2. The van der Waals surface area contributed by atoms with Crippen LogP contribution in [-0.2, 0) is 16.4 Å². The second-order valence-corrected chi connectivity index (χ2v) is 6.56. The first-order chi connectivity index (χ1) is 9.87. The zero-order valence-electron chi connectivity index (χ0n) is 10.8. The van der Waals surface area contributed by atoms with E-state index in [4.69, 9.17) is 11.6 Å². The van der Waals surface area contributed by atoms with Gasteiger partial charge in [-0.1, -0.05) is 11.6 Å². The molecular formula is C13H12ClFN2O3S. The molecule has 0 aliphatic carbocycles. The number of phenols is 1. The van der Waals surface area contributed by atoms with Crippen LogP contribution in [0.15, 0.2) is 36.7 Å². The summed E-state index contributed by atoms with van der Waals surface area (Å²) in [5.74, 6) is -1.54. The van der Waals surface area contributed by atoms with E-state index in [-0.39, 0.29) is 22.9 Å². The van der Waals surface area contributed by atoms with Crippen molar-refractivity contribution in [2.24, 2.45) is 0 Å². The Morgan fingerprint density at radius 2 is 1.95 bits per heavy atom. The Balaban J connectivity index is 2.09. The molecule has 2 N–H and O–H groups in total. The van der Waals surface area contributed by atoms with Gasteiger partial charge in [-0.2, -0.15) is 0 Å². The fraction of sp³-hybridized carbons (Fsp3) is 0.154. The van der Waals surface area contributed by atoms with Gasteiger partial charge in [0.1, 0.15) is 11.6 Å². The third-order valence-corrected chi connectivity index (χ3v) is 4.28. The Hall–Kier alpha value is -1.86. The number of phenolic OH excluding ortho intramolecular Hbond substituents is 1. The largest absolute Gasteiger partial charge is 0.506 e. The van der Waals surface area contributed by atoms with Crippen molar-refractivity contribution < 1.29 is 17.9 Å². The fourth-order valence-corrected chi connectivity index (χ4v) is 2.91. The lowest BCUT2D eigenvalue weighted by Crippen LogP contribution is -2.18. The van der Waals surface area contributed by atoms with Gasteiger partial charge in [0.15, 0.2) is 0 Å². The van der Waals surface area contributed by atoms with Crippen LogP contribution in [0.3, 0.4) is 0 Å². The highest BCUT2D eigenvalue weighted by Crippen LogP contribution is 2.30. The molecular weight excluding hydrogens is 319 g/mol. The third kappa shape index (κ3) is 4.30. The van der Waals surface area contributed by atoms with Gasteiger partial charge in [-0.25, -0.2) is 12.8 Å². The summed E-state index contributed by atoms with van der Waals surface area (Å²) in [6.45, 7) is 0. The lowest BCUT2D eigenvalue weighted by atomic mass is 10.2. The number of aromatic nitrogens is 1. The lowest BCUT2D eigenvalue weighted by molar-refractivity contribution is 0.471. The molecule has 2 aromatic rings. The molecule has 1 aromatic carbocycles. The quantitative estimate of drug-likeness (QED) is 0.826. The van der Waals surface area contributed by atoms with E-state index in [9.17, 15) is 17.9 Å². The minimum atomic E-state index is -3.70. The first-order valence-corrected chi connectivity index (χ1v) is 7.98. The van der Waals surface area contributed by atoms with Gasteiger partial charge >= 0.3 is 0 Å². The van der Waals surface area contributed by atoms with Gasteiger partial charge in [0.2, 0.25) is 10.0 Å². The van der Waals surface area contributed by atoms with Crippen molar-refractivity contribution in [3.8, 4) is 5.75 Å². The van der Waals surface area contributed by atoms with Gasteiger partial charge in [0, 0.05) is 18.5 Å². The summed E-state index contributed by atoms with van der Waals surface area (Å²) in [5, 5.41) is 9.25. The molecule has 112 valence electrons. The van der Waals surface area contributed by atoms with Crippen LogP contribution in [0.4, 0.5) is 10.1 Å². The number of nitrogens with zero attached hydrogens (tertiary/aromatic N) is 1. The van der Waals surface area contributed by atoms with Gasteiger partial charge in [0.05, 0.1) is 16.5 Å². The molecule has 1 heterocycles. The Kier molecular flexibility index (Phi) is 4.64. The normalized spacial score (nSPS) is 11.3. The topological polar surface area (TPSA) is 79.3 Å². The smallest absolute Gasteiger partial charge is 0.233 e. The molecule has 2 rings (SSSR count). The Bertz CT molecular complexity index is 739. The molecule has 5 nitrogen and oxygen atoms in total. The van der Waals surface area contributed by atoms with Gasteiger partial charge in [0.25, 0.3) is 0 Å². The van der Waals surface area contributed by atoms with E-state index in [0.29, 0.717) is 0 Å². The third-order valence-electron chi connectivity index (χ3n) is 2.71. The molecule has 0 fully saturated rings. The lowest BCUT2D eigenvalue weighted by Gasteiger charge is -2.10. The summed E-state index contributed by atoms with van der Waals surface area (Å²) >= 11 is 5.56. The van der Waals surface area contributed by atoms with Gasteiger partial charge in [-0.05, 0) is 30.2 Å².